The van der Waals surface area contributed by atoms with Gasteiger partial charge < -0.3 is 16.4 Å². The topological polar surface area (TPSA) is 67.2 Å². The maximum atomic E-state index is 11.5. The smallest absolute Gasteiger partial charge is 0.0357 e. The van der Waals surface area contributed by atoms with Crippen LogP contribution in [0.2, 0.25) is 0 Å². The average molecular weight is 550 g/mol. The second kappa shape index (κ2) is 28.4. The van der Waals surface area contributed by atoms with Gasteiger partial charge in [-0.05, 0) is 31.6 Å². The molecule has 1 aliphatic carbocycles. The molecular formula is C33H63N3OS. The van der Waals surface area contributed by atoms with E-state index in [0.29, 0.717) is 18.1 Å². The molecule has 222 valence electrons. The summed E-state index contributed by atoms with van der Waals surface area (Å²) in [6.07, 6.45) is 12.8. The van der Waals surface area contributed by atoms with Crippen molar-refractivity contribution in [3.63, 3.8) is 0 Å². The summed E-state index contributed by atoms with van der Waals surface area (Å²) in [4.78, 5) is 0. The number of nitrogens with one attached hydrogen (secondary N) is 2. The molecule has 0 spiro atoms. The number of aryl methyl sites for hydroxylation is 1. The Morgan fingerprint density at radius 3 is 2.00 bits per heavy atom. The second-order valence-electron chi connectivity index (χ2n) is 10.5. The number of allylic oxidation sites excluding steroid dienone is 1. The van der Waals surface area contributed by atoms with Gasteiger partial charge in [0.05, 0.1) is 0 Å². The number of hydrogen-bond donors (Lipinski definition) is 3. The van der Waals surface area contributed by atoms with E-state index in [9.17, 15) is 4.21 Å². The monoisotopic (exact) mass is 549 g/mol. The Kier molecular flexibility index (Phi) is 28.8. The Morgan fingerprint density at radius 1 is 0.947 bits per heavy atom. The molecule has 0 heterocycles. The van der Waals surface area contributed by atoms with Crippen LogP contribution in [0.3, 0.4) is 0 Å². The van der Waals surface area contributed by atoms with Gasteiger partial charge >= 0.3 is 0 Å². The van der Waals surface area contributed by atoms with E-state index in [1.807, 2.05) is 32.0 Å². The zero-order valence-electron chi connectivity index (χ0n) is 26.0. The molecule has 4 nitrogen and oxygen atoms in total. The van der Waals surface area contributed by atoms with Crippen molar-refractivity contribution in [1.82, 2.24) is 10.6 Å². The van der Waals surface area contributed by atoms with E-state index in [-0.39, 0.29) is 0 Å². The first kappa shape index (κ1) is 38.6. The van der Waals surface area contributed by atoms with Gasteiger partial charge in [-0.15, -0.1) is 0 Å². The molecule has 0 aromatic heterocycles. The lowest BCUT2D eigenvalue weighted by Gasteiger charge is -2.15. The van der Waals surface area contributed by atoms with Crippen molar-refractivity contribution >= 4 is 10.8 Å². The van der Waals surface area contributed by atoms with Crippen LogP contribution in [-0.2, 0) is 10.8 Å². The van der Waals surface area contributed by atoms with Crippen molar-refractivity contribution in [1.29, 1.82) is 0 Å². The molecule has 1 saturated carbocycles. The van der Waals surface area contributed by atoms with Crippen LogP contribution in [0.25, 0.3) is 0 Å². The van der Waals surface area contributed by atoms with Crippen LogP contribution >= 0.6 is 0 Å². The summed E-state index contributed by atoms with van der Waals surface area (Å²) in [7, 11) is -0.821. The fourth-order valence-electron chi connectivity index (χ4n) is 3.82. The van der Waals surface area contributed by atoms with E-state index in [1.165, 1.54) is 56.9 Å². The minimum absolute atomic E-state index is 0.481. The molecule has 1 aromatic rings. The Balaban J connectivity index is 0. The number of nitrogens with two attached hydrogens (primary N) is 1. The lowest BCUT2D eigenvalue weighted by molar-refractivity contribution is 0.385. The molecule has 1 fully saturated rings. The van der Waals surface area contributed by atoms with E-state index in [1.54, 1.807) is 0 Å². The van der Waals surface area contributed by atoms with Gasteiger partial charge in [0.15, 0.2) is 0 Å². The zero-order chi connectivity index (χ0) is 29.0. The van der Waals surface area contributed by atoms with E-state index >= 15 is 0 Å². The summed E-state index contributed by atoms with van der Waals surface area (Å²) in [5.41, 5.74) is 8.70. The van der Waals surface area contributed by atoms with Crippen LogP contribution in [0.15, 0.2) is 54.9 Å². The molecule has 0 bridgehead atoms. The summed E-state index contributed by atoms with van der Waals surface area (Å²) in [6, 6.07) is 10.3. The molecule has 0 radical (unpaired) electrons. The molecule has 2 rings (SSSR count). The predicted molar refractivity (Wildman–Crippen MR) is 174 cm³/mol. The van der Waals surface area contributed by atoms with Crippen molar-refractivity contribution in [2.75, 3.05) is 31.1 Å². The van der Waals surface area contributed by atoms with Crippen molar-refractivity contribution in [2.45, 2.75) is 106 Å². The number of rotatable bonds is 15. The number of benzene rings is 1. The fourth-order valence-corrected chi connectivity index (χ4v) is 4.76. The first-order valence-corrected chi connectivity index (χ1v) is 16.6. The fraction of sp³-hybridized carbons (Fsp3) is 0.697. The Morgan fingerprint density at radius 2 is 1.53 bits per heavy atom. The van der Waals surface area contributed by atoms with Gasteiger partial charge in [-0.1, -0.05) is 129 Å². The van der Waals surface area contributed by atoms with Gasteiger partial charge in [-0.25, -0.2) is 0 Å². The molecule has 4 N–H and O–H groups in total. The third-order valence-corrected chi connectivity index (χ3v) is 7.55. The highest BCUT2D eigenvalue weighted by Gasteiger charge is 2.06. The van der Waals surface area contributed by atoms with Crippen molar-refractivity contribution in [3.05, 3.63) is 60.4 Å². The molecule has 1 aromatic carbocycles. The first-order valence-electron chi connectivity index (χ1n) is 15.1. The lowest BCUT2D eigenvalue weighted by atomic mass is 9.91. The predicted octanol–water partition coefficient (Wildman–Crippen LogP) is 8.11. The van der Waals surface area contributed by atoms with Crippen LogP contribution in [0, 0.1) is 18.8 Å². The van der Waals surface area contributed by atoms with Gasteiger partial charge in [-0.3, -0.25) is 4.21 Å². The van der Waals surface area contributed by atoms with Crippen molar-refractivity contribution < 1.29 is 4.21 Å². The van der Waals surface area contributed by atoms with E-state index in [0.717, 1.165) is 49.2 Å². The molecule has 0 saturated heterocycles. The zero-order valence-corrected chi connectivity index (χ0v) is 26.8. The quantitative estimate of drug-likeness (QED) is 0.193. The standard InChI is InChI=1S/C17H35N3OS.C7H14.C7H8.C2H6/c1-15(2)7-5-6-11-19-16(3)8-12-20-17(4)9-13-22(21)14-10-18;2*1-7-5-3-2-4-6-7;1-2/h15,19-20H,3-14,18H2,1-2H3;7H,2-6H2,1H3;2-6H,1H3;1-2H3. The molecule has 1 aliphatic rings. The van der Waals surface area contributed by atoms with Gasteiger partial charge in [0.2, 0.25) is 0 Å². The molecule has 1 atom stereocenters. The molecular weight excluding hydrogens is 486 g/mol. The summed E-state index contributed by atoms with van der Waals surface area (Å²) in [5, 5.41) is 6.64. The molecule has 0 aliphatic heterocycles. The molecule has 1 unspecified atom stereocenters. The van der Waals surface area contributed by atoms with Gasteiger partial charge in [0.25, 0.3) is 0 Å². The average Bonchev–Trinajstić information content (AvgIpc) is 2.90. The highest BCUT2D eigenvalue weighted by atomic mass is 32.2. The molecule has 0 amide bonds. The van der Waals surface area contributed by atoms with Crippen LogP contribution in [0.1, 0.15) is 104 Å². The van der Waals surface area contributed by atoms with Gasteiger partial charge in [0, 0.05) is 59.8 Å². The maximum Gasteiger partial charge on any atom is 0.0357 e. The number of unbranched alkanes of at least 4 members (excludes halogenated alkanes) is 1. The van der Waals surface area contributed by atoms with Gasteiger partial charge in [-0.2, -0.15) is 0 Å². The van der Waals surface area contributed by atoms with Crippen molar-refractivity contribution in [3.8, 4) is 0 Å². The Bertz CT molecular complexity index is 685. The summed E-state index contributed by atoms with van der Waals surface area (Å²) in [5.74, 6) is 3.04. The largest absolute Gasteiger partial charge is 0.389 e. The lowest BCUT2D eigenvalue weighted by Crippen LogP contribution is -2.21. The van der Waals surface area contributed by atoms with E-state index in [4.69, 9.17) is 5.73 Å². The summed E-state index contributed by atoms with van der Waals surface area (Å²) in [6.45, 7) is 23.3. The molecule has 5 heteroatoms. The van der Waals surface area contributed by atoms with E-state index < -0.39 is 10.8 Å². The minimum Gasteiger partial charge on any atom is -0.389 e. The summed E-state index contributed by atoms with van der Waals surface area (Å²) < 4.78 is 11.5. The highest BCUT2D eigenvalue weighted by Crippen LogP contribution is 2.22. The third-order valence-electron chi connectivity index (χ3n) is 6.20. The third kappa shape index (κ3) is 29.0. The van der Waals surface area contributed by atoms with E-state index in [2.05, 4.69) is 63.6 Å². The normalized spacial score (nSPS) is 13.5. The minimum atomic E-state index is -0.821. The Labute approximate surface area is 240 Å². The van der Waals surface area contributed by atoms with Crippen LogP contribution in [-0.4, -0.2) is 35.3 Å². The molecule has 38 heavy (non-hydrogen) atoms. The van der Waals surface area contributed by atoms with Crippen LogP contribution in [0.4, 0.5) is 0 Å². The number of hydrogen-bond acceptors (Lipinski definition) is 4. The van der Waals surface area contributed by atoms with Crippen LogP contribution in [0.5, 0.6) is 0 Å². The summed E-state index contributed by atoms with van der Waals surface area (Å²) >= 11 is 0. The van der Waals surface area contributed by atoms with Crippen molar-refractivity contribution in [2.24, 2.45) is 17.6 Å². The SMILES string of the molecule is C=C(CCNC(=C)CCS(=O)CCN)NCCCCC(C)C.CC.CC1CCCCC1.Cc1ccccc1. The first-order chi connectivity index (χ1) is 18.2. The van der Waals surface area contributed by atoms with Gasteiger partial charge in [0.1, 0.15) is 0 Å². The Hall–Kier alpha value is -1.59. The highest BCUT2D eigenvalue weighted by molar-refractivity contribution is 7.85. The van der Waals surface area contributed by atoms with Crippen LogP contribution < -0.4 is 16.4 Å². The second-order valence-corrected chi connectivity index (χ2v) is 12.2. The maximum absolute atomic E-state index is 11.5.